The zero-order valence-corrected chi connectivity index (χ0v) is 12.6. The number of esters is 1. The second-order valence-electron chi connectivity index (χ2n) is 7.60. The zero-order chi connectivity index (χ0) is 15.2. The molecule has 2 saturated carbocycles. The van der Waals surface area contributed by atoms with E-state index >= 15 is 0 Å². The van der Waals surface area contributed by atoms with Crippen molar-refractivity contribution in [3.8, 4) is 0 Å². The maximum absolute atomic E-state index is 12.4. The number of Topliss-reactive ketones (excluding diaryl/α,β-unsaturated/α-hetero) is 1. The Hall–Kier alpha value is -1.45. The van der Waals surface area contributed by atoms with E-state index in [2.05, 4.69) is 6.92 Å². The summed E-state index contributed by atoms with van der Waals surface area (Å²) in [7, 11) is 0. The molecule has 4 rings (SSSR count). The Morgan fingerprint density at radius 2 is 2.10 bits per heavy atom. The first-order valence-corrected chi connectivity index (χ1v) is 7.73. The quantitative estimate of drug-likeness (QED) is 0.730. The molecule has 4 aliphatic rings. The molecule has 1 spiro atoms. The summed E-state index contributed by atoms with van der Waals surface area (Å²) in [4.78, 5) is 36.0. The number of ketones is 2. The minimum absolute atomic E-state index is 0.0278. The number of fused-ring (bicyclic) bond motifs is 2. The van der Waals surface area contributed by atoms with Gasteiger partial charge in [0, 0.05) is 23.2 Å². The molecule has 0 N–H and O–H groups in total. The van der Waals surface area contributed by atoms with Crippen molar-refractivity contribution in [2.75, 3.05) is 0 Å². The largest absolute Gasteiger partial charge is 0.461 e. The van der Waals surface area contributed by atoms with Gasteiger partial charge in [0.2, 0.25) is 0 Å². The van der Waals surface area contributed by atoms with Gasteiger partial charge in [0.25, 0.3) is 0 Å². The molecule has 112 valence electrons. The molecule has 2 unspecified atom stereocenters. The molecule has 0 amide bonds. The van der Waals surface area contributed by atoms with Crippen LogP contribution in [0.4, 0.5) is 0 Å². The van der Waals surface area contributed by atoms with Crippen LogP contribution in [0.2, 0.25) is 0 Å². The highest BCUT2D eigenvalue weighted by Crippen LogP contribution is 2.88. The molecule has 4 nitrogen and oxygen atoms in total. The van der Waals surface area contributed by atoms with E-state index in [1.165, 1.54) is 6.92 Å². The lowest BCUT2D eigenvalue weighted by atomic mass is 9.69. The van der Waals surface area contributed by atoms with E-state index < -0.39 is 5.41 Å². The van der Waals surface area contributed by atoms with Crippen LogP contribution < -0.4 is 0 Å². The molecule has 1 saturated heterocycles. The van der Waals surface area contributed by atoms with Crippen LogP contribution in [0.3, 0.4) is 0 Å². The van der Waals surface area contributed by atoms with E-state index in [9.17, 15) is 14.4 Å². The zero-order valence-electron chi connectivity index (χ0n) is 12.6. The van der Waals surface area contributed by atoms with Crippen molar-refractivity contribution in [3.05, 3.63) is 12.2 Å². The minimum atomic E-state index is -0.426. The van der Waals surface area contributed by atoms with Crippen LogP contribution in [0, 0.1) is 28.1 Å². The number of carbonyl (C=O) groups is 3. The summed E-state index contributed by atoms with van der Waals surface area (Å²) in [5, 5.41) is 0. The van der Waals surface area contributed by atoms with Gasteiger partial charge < -0.3 is 9.53 Å². The van der Waals surface area contributed by atoms with Crippen LogP contribution >= 0.6 is 0 Å². The fourth-order valence-corrected chi connectivity index (χ4v) is 5.87. The van der Waals surface area contributed by atoms with Crippen LogP contribution in [-0.4, -0.2) is 23.6 Å². The highest BCUT2D eigenvalue weighted by Gasteiger charge is 2.90. The number of hydrogen-bond acceptors (Lipinski definition) is 4. The van der Waals surface area contributed by atoms with Gasteiger partial charge in [-0.3, -0.25) is 9.59 Å². The van der Waals surface area contributed by atoms with Crippen molar-refractivity contribution in [2.45, 2.75) is 46.1 Å². The standard InChI is InChI=1S/C17H20O4/c1-9(18)8-11-10-4-6-15(2)16(3)12(19)5-7-17(15,16)13(10)21-14(11)20/h5,7,10-11,13H,4,6,8H2,1-3H3/t10-,11-,13-,15+,16?,17?/m0/s1. The molecule has 21 heavy (non-hydrogen) atoms. The summed E-state index contributed by atoms with van der Waals surface area (Å²) < 4.78 is 5.72. The summed E-state index contributed by atoms with van der Waals surface area (Å²) in [6.45, 7) is 5.69. The monoisotopic (exact) mass is 288 g/mol. The predicted molar refractivity (Wildman–Crippen MR) is 74.2 cm³/mol. The third-order valence-electron chi connectivity index (χ3n) is 7.16. The van der Waals surface area contributed by atoms with Crippen molar-refractivity contribution in [3.63, 3.8) is 0 Å². The van der Waals surface area contributed by atoms with E-state index in [1.54, 1.807) is 6.08 Å². The second kappa shape index (κ2) is 3.47. The van der Waals surface area contributed by atoms with Crippen LogP contribution in [0.15, 0.2) is 12.2 Å². The Kier molecular flexibility index (Phi) is 2.19. The van der Waals surface area contributed by atoms with Crippen molar-refractivity contribution in [2.24, 2.45) is 28.1 Å². The summed E-state index contributed by atoms with van der Waals surface area (Å²) in [6, 6.07) is 0. The summed E-state index contributed by atoms with van der Waals surface area (Å²) >= 11 is 0. The van der Waals surface area contributed by atoms with Gasteiger partial charge in [-0.05, 0) is 31.3 Å². The third-order valence-corrected chi connectivity index (χ3v) is 7.16. The molecule has 0 aromatic carbocycles. The Balaban J connectivity index is 1.76. The first kappa shape index (κ1) is 13.2. The van der Waals surface area contributed by atoms with Crippen molar-refractivity contribution in [1.29, 1.82) is 0 Å². The fraction of sp³-hybridized carbons (Fsp3) is 0.706. The van der Waals surface area contributed by atoms with Crippen LogP contribution in [0.1, 0.15) is 40.0 Å². The van der Waals surface area contributed by atoms with Crippen LogP contribution in [0.5, 0.6) is 0 Å². The first-order chi connectivity index (χ1) is 9.79. The van der Waals surface area contributed by atoms with Crippen LogP contribution in [-0.2, 0) is 19.1 Å². The second-order valence-corrected chi connectivity index (χ2v) is 7.60. The lowest BCUT2D eigenvalue weighted by Crippen LogP contribution is -2.37. The molecule has 0 aromatic rings. The Morgan fingerprint density at radius 1 is 1.38 bits per heavy atom. The molecule has 3 aliphatic carbocycles. The molecule has 0 aromatic heterocycles. The van der Waals surface area contributed by atoms with Gasteiger partial charge >= 0.3 is 5.97 Å². The molecule has 1 aliphatic heterocycles. The fourth-order valence-electron chi connectivity index (χ4n) is 5.87. The maximum atomic E-state index is 12.4. The number of rotatable bonds is 2. The SMILES string of the molecule is CC(=O)C[C@@H]1C(=O)O[C@H]2[C@H]1CC[C@]1(C)C3(C)C(=O)C=CC231. The maximum Gasteiger partial charge on any atom is 0.310 e. The predicted octanol–water partition coefficient (Wildman–Crippen LogP) is 2.07. The van der Waals surface area contributed by atoms with Crippen molar-refractivity contribution >= 4 is 17.5 Å². The van der Waals surface area contributed by atoms with E-state index in [0.29, 0.717) is 0 Å². The molecule has 0 bridgehead atoms. The molecule has 3 fully saturated rings. The lowest BCUT2D eigenvalue weighted by molar-refractivity contribution is -0.148. The Bertz CT molecular complexity index is 620. The number of hydrogen-bond donors (Lipinski definition) is 0. The average molecular weight is 288 g/mol. The van der Waals surface area contributed by atoms with Gasteiger partial charge in [-0.25, -0.2) is 0 Å². The molecule has 1 heterocycles. The molecule has 4 heteroatoms. The van der Waals surface area contributed by atoms with Gasteiger partial charge in [0.05, 0.1) is 5.92 Å². The Morgan fingerprint density at radius 3 is 2.76 bits per heavy atom. The van der Waals surface area contributed by atoms with Gasteiger partial charge in [0.1, 0.15) is 11.9 Å². The molecular formula is C17H20O4. The van der Waals surface area contributed by atoms with E-state index in [-0.39, 0.29) is 52.7 Å². The minimum Gasteiger partial charge on any atom is -0.461 e. The molecular weight excluding hydrogens is 268 g/mol. The number of carbonyl (C=O) groups excluding carboxylic acids is 3. The molecule has 6 atom stereocenters. The van der Waals surface area contributed by atoms with Gasteiger partial charge in [-0.2, -0.15) is 0 Å². The topological polar surface area (TPSA) is 60.4 Å². The van der Waals surface area contributed by atoms with Crippen molar-refractivity contribution < 1.29 is 19.1 Å². The lowest BCUT2D eigenvalue weighted by Gasteiger charge is -2.35. The number of ether oxygens (including phenoxy) is 1. The van der Waals surface area contributed by atoms with Gasteiger partial charge in [-0.15, -0.1) is 0 Å². The van der Waals surface area contributed by atoms with E-state index in [4.69, 9.17) is 4.74 Å². The first-order valence-electron chi connectivity index (χ1n) is 7.73. The average Bonchev–Trinajstić information content (AvgIpc) is 2.63. The summed E-state index contributed by atoms with van der Waals surface area (Å²) in [5.74, 6) is -0.301. The molecule has 0 radical (unpaired) electrons. The highest BCUT2D eigenvalue weighted by molar-refractivity contribution is 6.04. The smallest absolute Gasteiger partial charge is 0.310 e. The van der Waals surface area contributed by atoms with E-state index in [0.717, 1.165) is 12.8 Å². The van der Waals surface area contributed by atoms with Gasteiger partial charge in [0.15, 0.2) is 5.78 Å². The third kappa shape index (κ3) is 1.11. The van der Waals surface area contributed by atoms with E-state index in [1.807, 2.05) is 13.0 Å². The van der Waals surface area contributed by atoms with Crippen molar-refractivity contribution in [1.82, 2.24) is 0 Å². The normalized spacial score (nSPS) is 53.0. The highest BCUT2D eigenvalue weighted by atomic mass is 16.6. The van der Waals surface area contributed by atoms with Gasteiger partial charge in [-0.1, -0.05) is 19.9 Å². The number of allylic oxidation sites excluding steroid dienone is 1. The summed E-state index contributed by atoms with van der Waals surface area (Å²) in [5.41, 5.74) is -0.857. The van der Waals surface area contributed by atoms with Crippen LogP contribution in [0.25, 0.3) is 0 Å². The summed E-state index contributed by atoms with van der Waals surface area (Å²) in [6.07, 6.45) is 5.48. The Labute approximate surface area is 123 Å².